The highest BCUT2D eigenvalue weighted by Crippen LogP contribution is 2.27. The summed E-state index contributed by atoms with van der Waals surface area (Å²) in [6.45, 7) is 1.56. The lowest BCUT2D eigenvalue weighted by molar-refractivity contribution is -0.133. The number of hydrogen-bond donors (Lipinski definition) is 4. The van der Waals surface area contributed by atoms with Crippen molar-refractivity contribution in [2.45, 2.75) is 13.0 Å². The molecule has 1 aliphatic heterocycles. The lowest BCUT2D eigenvalue weighted by atomic mass is 9.95. The van der Waals surface area contributed by atoms with Crippen molar-refractivity contribution in [2.24, 2.45) is 0 Å². The minimum atomic E-state index is -1.07. The molecule has 1 unspecified atom stereocenters. The molecule has 1 atom stereocenters. The van der Waals surface area contributed by atoms with Gasteiger partial charge in [0.2, 0.25) is 0 Å². The second-order valence-electron chi connectivity index (χ2n) is 4.04. The van der Waals surface area contributed by atoms with Crippen LogP contribution in [0.4, 0.5) is 10.5 Å². The summed E-state index contributed by atoms with van der Waals surface area (Å²) in [5.41, 5.74) is 7.30. The Morgan fingerprint density at radius 1 is 1.33 bits per heavy atom. The molecule has 6 heteroatoms. The summed E-state index contributed by atoms with van der Waals surface area (Å²) < 4.78 is 0. The van der Waals surface area contributed by atoms with Crippen LogP contribution in [0, 0.1) is 0 Å². The highest BCUT2D eigenvalue weighted by molar-refractivity contribution is 5.93. The molecule has 0 aliphatic carbocycles. The van der Waals surface area contributed by atoms with Gasteiger partial charge in [0.25, 0.3) is 0 Å². The highest BCUT2D eigenvalue weighted by atomic mass is 16.4. The Morgan fingerprint density at radius 3 is 2.50 bits per heavy atom. The largest absolute Gasteiger partial charge is 0.478 e. The zero-order valence-electron chi connectivity index (χ0n) is 9.73. The van der Waals surface area contributed by atoms with Crippen LogP contribution in [-0.2, 0) is 4.79 Å². The van der Waals surface area contributed by atoms with E-state index in [4.69, 9.17) is 5.73 Å². The van der Waals surface area contributed by atoms with Gasteiger partial charge in [-0.3, -0.25) is 0 Å². The van der Waals surface area contributed by atoms with Gasteiger partial charge in [0, 0.05) is 11.4 Å². The van der Waals surface area contributed by atoms with Gasteiger partial charge in [0.05, 0.1) is 11.6 Å². The van der Waals surface area contributed by atoms with Crippen LogP contribution in [0.15, 0.2) is 35.5 Å². The average molecular weight is 247 g/mol. The molecule has 1 aliphatic rings. The number of carboxylic acids is 1. The van der Waals surface area contributed by atoms with Crippen LogP contribution >= 0.6 is 0 Å². The maximum Gasteiger partial charge on any atom is 0.335 e. The number of benzene rings is 1. The van der Waals surface area contributed by atoms with Gasteiger partial charge >= 0.3 is 12.0 Å². The number of aliphatic carboxylic acids is 1. The van der Waals surface area contributed by atoms with Gasteiger partial charge < -0.3 is 21.5 Å². The molecule has 0 saturated heterocycles. The van der Waals surface area contributed by atoms with Crippen molar-refractivity contribution in [3.63, 3.8) is 0 Å². The van der Waals surface area contributed by atoms with Gasteiger partial charge in [-0.1, -0.05) is 12.1 Å². The van der Waals surface area contributed by atoms with E-state index < -0.39 is 18.0 Å². The van der Waals surface area contributed by atoms with Crippen molar-refractivity contribution < 1.29 is 14.7 Å². The molecule has 0 bridgehead atoms. The Kier molecular flexibility index (Phi) is 2.93. The van der Waals surface area contributed by atoms with Crippen LogP contribution < -0.4 is 16.4 Å². The summed E-state index contributed by atoms with van der Waals surface area (Å²) in [5.74, 6) is -1.07. The number of allylic oxidation sites excluding steroid dienone is 1. The van der Waals surface area contributed by atoms with E-state index >= 15 is 0 Å². The fraction of sp³-hybridized carbons (Fsp3) is 0.167. The highest BCUT2D eigenvalue weighted by Gasteiger charge is 2.30. The lowest BCUT2D eigenvalue weighted by Crippen LogP contribution is -2.45. The van der Waals surface area contributed by atoms with Gasteiger partial charge in [0.1, 0.15) is 0 Å². The van der Waals surface area contributed by atoms with Crippen molar-refractivity contribution in [2.75, 3.05) is 5.73 Å². The number of urea groups is 1. The first-order valence-corrected chi connectivity index (χ1v) is 5.36. The number of carbonyl (C=O) groups excluding carboxylic acids is 1. The topological polar surface area (TPSA) is 104 Å². The minimum absolute atomic E-state index is 0.124. The fourth-order valence-corrected chi connectivity index (χ4v) is 1.92. The third kappa shape index (κ3) is 2.13. The first-order valence-electron chi connectivity index (χ1n) is 5.36. The van der Waals surface area contributed by atoms with Crippen molar-refractivity contribution in [3.8, 4) is 0 Å². The molecule has 5 N–H and O–H groups in total. The Morgan fingerprint density at radius 2 is 1.94 bits per heavy atom. The van der Waals surface area contributed by atoms with Crippen LogP contribution in [0.3, 0.4) is 0 Å². The number of hydrogen-bond acceptors (Lipinski definition) is 3. The van der Waals surface area contributed by atoms with Crippen molar-refractivity contribution in [1.29, 1.82) is 0 Å². The summed E-state index contributed by atoms with van der Waals surface area (Å²) in [5, 5.41) is 14.2. The van der Waals surface area contributed by atoms with Crippen LogP contribution in [0.1, 0.15) is 18.5 Å². The van der Waals surface area contributed by atoms with Crippen molar-refractivity contribution in [1.82, 2.24) is 10.6 Å². The quantitative estimate of drug-likeness (QED) is 0.585. The molecular weight excluding hydrogens is 234 g/mol. The predicted octanol–water partition coefficient (Wildman–Crippen LogP) is 0.981. The molecule has 0 radical (unpaired) electrons. The summed E-state index contributed by atoms with van der Waals surface area (Å²) >= 11 is 0. The predicted molar refractivity (Wildman–Crippen MR) is 65.6 cm³/mol. The van der Waals surface area contributed by atoms with E-state index in [9.17, 15) is 14.7 Å². The average Bonchev–Trinajstić information content (AvgIpc) is 2.28. The molecule has 1 aromatic carbocycles. The van der Waals surface area contributed by atoms with Gasteiger partial charge in [-0.05, 0) is 24.6 Å². The molecular formula is C12H13N3O3. The molecule has 18 heavy (non-hydrogen) atoms. The molecule has 94 valence electrons. The van der Waals surface area contributed by atoms with Crippen LogP contribution in [0.25, 0.3) is 0 Å². The molecule has 0 spiro atoms. The van der Waals surface area contributed by atoms with E-state index in [1.54, 1.807) is 31.2 Å². The molecule has 2 amide bonds. The Labute approximate surface area is 103 Å². The number of rotatable bonds is 2. The fourth-order valence-electron chi connectivity index (χ4n) is 1.92. The van der Waals surface area contributed by atoms with Gasteiger partial charge in [-0.25, -0.2) is 9.59 Å². The molecule has 1 heterocycles. The van der Waals surface area contributed by atoms with Gasteiger partial charge in [-0.2, -0.15) is 0 Å². The number of nitrogens with two attached hydrogens (primary N) is 1. The summed E-state index contributed by atoms with van der Waals surface area (Å²) in [7, 11) is 0. The number of nitrogen functional groups attached to an aromatic ring is 1. The van der Waals surface area contributed by atoms with E-state index in [1.165, 1.54) is 0 Å². The maximum absolute atomic E-state index is 11.4. The van der Waals surface area contributed by atoms with Crippen LogP contribution in [-0.4, -0.2) is 17.1 Å². The standard InChI is InChI=1S/C12H13N3O3/c1-6-9(11(16)17)10(15-12(18)14-6)7-2-4-8(13)5-3-7/h2-5,10H,13H2,1H3,(H,16,17)(H2,14,15,18). The molecule has 0 fully saturated rings. The summed E-state index contributed by atoms with van der Waals surface area (Å²) in [6.07, 6.45) is 0. The minimum Gasteiger partial charge on any atom is -0.478 e. The van der Waals surface area contributed by atoms with E-state index in [0.717, 1.165) is 0 Å². The number of amides is 2. The molecule has 1 aromatic rings. The first kappa shape index (κ1) is 12.0. The molecule has 2 rings (SSSR count). The Balaban J connectivity index is 2.46. The van der Waals surface area contributed by atoms with E-state index in [1.807, 2.05) is 0 Å². The van der Waals surface area contributed by atoms with Crippen molar-refractivity contribution in [3.05, 3.63) is 41.1 Å². The molecule has 6 nitrogen and oxygen atoms in total. The van der Waals surface area contributed by atoms with E-state index in [0.29, 0.717) is 16.9 Å². The van der Waals surface area contributed by atoms with Crippen LogP contribution in [0.5, 0.6) is 0 Å². The second-order valence-corrected chi connectivity index (χ2v) is 4.04. The van der Waals surface area contributed by atoms with Gasteiger partial charge in [-0.15, -0.1) is 0 Å². The van der Waals surface area contributed by atoms with Crippen LogP contribution in [0.2, 0.25) is 0 Å². The summed E-state index contributed by atoms with van der Waals surface area (Å²) in [4.78, 5) is 22.7. The first-order chi connectivity index (χ1) is 8.49. The Bertz CT molecular complexity index is 534. The zero-order chi connectivity index (χ0) is 13.3. The zero-order valence-corrected chi connectivity index (χ0v) is 9.73. The SMILES string of the molecule is CC1=C(C(=O)O)C(c2ccc(N)cc2)NC(=O)N1. The second kappa shape index (κ2) is 4.40. The van der Waals surface area contributed by atoms with E-state index in [2.05, 4.69) is 10.6 Å². The third-order valence-corrected chi connectivity index (χ3v) is 2.77. The van der Waals surface area contributed by atoms with E-state index in [-0.39, 0.29) is 5.57 Å². The number of nitrogens with one attached hydrogen (secondary N) is 2. The number of carbonyl (C=O) groups is 2. The lowest BCUT2D eigenvalue weighted by Gasteiger charge is -2.27. The monoisotopic (exact) mass is 247 g/mol. The maximum atomic E-state index is 11.4. The normalized spacial score (nSPS) is 19.2. The molecule has 0 saturated carbocycles. The number of carboxylic acid groups (broad SMARTS) is 1. The summed E-state index contributed by atoms with van der Waals surface area (Å²) in [6, 6.07) is 5.64. The third-order valence-electron chi connectivity index (χ3n) is 2.77. The van der Waals surface area contributed by atoms with Crippen molar-refractivity contribution >= 4 is 17.7 Å². The smallest absolute Gasteiger partial charge is 0.335 e. The molecule has 0 aromatic heterocycles. The number of anilines is 1. The van der Waals surface area contributed by atoms with Gasteiger partial charge in [0.15, 0.2) is 0 Å². The Hall–Kier alpha value is -2.50.